The summed E-state index contributed by atoms with van der Waals surface area (Å²) < 4.78 is 5.78. The number of nitrogens with one attached hydrogen (secondary N) is 1. The lowest BCUT2D eigenvalue weighted by molar-refractivity contribution is -0.135. The molecule has 2 aromatic rings. The van der Waals surface area contributed by atoms with Crippen molar-refractivity contribution < 1.29 is 9.53 Å². The summed E-state index contributed by atoms with van der Waals surface area (Å²) in [6.45, 7) is 3.88. The van der Waals surface area contributed by atoms with Crippen molar-refractivity contribution in [1.82, 2.24) is 15.2 Å². The van der Waals surface area contributed by atoms with Gasteiger partial charge < -0.3 is 15.0 Å². The second-order valence-corrected chi connectivity index (χ2v) is 7.45. The first-order valence-electron chi connectivity index (χ1n) is 8.81. The number of hydrogen-bond donors (Lipinski definition) is 1. The second-order valence-electron chi connectivity index (χ2n) is 7.04. The van der Waals surface area contributed by atoms with Crippen molar-refractivity contribution in [2.45, 2.75) is 19.3 Å². The molecule has 1 aromatic heterocycles. The lowest BCUT2D eigenvalue weighted by Gasteiger charge is -2.38. The van der Waals surface area contributed by atoms with Crippen LogP contribution in [0, 0.1) is 5.41 Å². The minimum atomic E-state index is 0. The number of hydrogen-bond acceptors (Lipinski definition) is 4. The fraction of sp³-hybridized carbons (Fsp3) is 0.474. The Labute approximate surface area is 176 Å². The van der Waals surface area contributed by atoms with Gasteiger partial charge in [0.25, 0.3) is 5.91 Å². The molecular formula is C19H24Cl3N3O2. The SMILES string of the molecule is Cl.Cl.O=C(COc1ccc(Cl)c2cccnc12)N1CCC2(CCNC2)CC1. The number of rotatable bonds is 3. The zero-order valence-electron chi connectivity index (χ0n) is 14.9. The van der Waals surface area contributed by atoms with E-state index in [9.17, 15) is 4.79 Å². The van der Waals surface area contributed by atoms with E-state index in [1.54, 1.807) is 18.3 Å². The molecule has 0 atom stereocenters. The van der Waals surface area contributed by atoms with Crippen LogP contribution < -0.4 is 10.1 Å². The number of piperidine rings is 1. The number of fused-ring (bicyclic) bond motifs is 1. The molecule has 1 amide bonds. The van der Waals surface area contributed by atoms with Crippen LogP contribution in [0.4, 0.5) is 0 Å². The summed E-state index contributed by atoms with van der Waals surface area (Å²) in [4.78, 5) is 18.8. The Morgan fingerprint density at radius 3 is 2.70 bits per heavy atom. The summed E-state index contributed by atoms with van der Waals surface area (Å²) in [7, 11) is 0. The molecule has 1 spiro atoms. The van der Waals surface area contributed by atoms with Gasteiger partial charge in [-0.25, -0.2) is 0 Å². The first-order valence-corrected chi connectivity index (χ1v) is 9.19. The molecule has 3 heterocycles. The molecule has 1 N–H and O–H groups in total. The Hall–Kier alpha value is -1.27. The number of ether oxygens (including phenoxy) is 1. The molecule has 8 heteroatoms. The Kier molecular flexibility index (Phi) is 7.57. The number of aromatic nitrogens is 1. The van der Waals surface area contributed by atoms with Gasteiger partial charge in [-0.15, -0.1) is 24.8 Å². The molecule has 2 fully saturated rings. The monoisotopic (exact) mass is 431 g/mol. The summed E-state index contributed by atoms with van der Waals surface area (Å²) in [6.07, 6.45) is 5.09. The molecule has 0 bridgehead atoms. The van der Waals surface area contributed by atoms with E-state index in [1.807, 2.05) is 17.0 Å². The summed E-state index contributed by atoms with van der Waals surface area (Å²) >= 11 is 6.20. The number of likely N-dealkylation sites (tertiary alicyclic amines) is 1. The molecule has 5 nitrogen and oxygen atoms in total. The Morgan fingerprint density at radius 1 is 1.22 bits per heavy atom. The number of pyridine rings is 1. The van der Waals surface area contributed by atoms with Crippen LogP contribution in [-0.4, -0.2) is 48.6 Å². The van der Waals surface area contributed by atoms with Crippen molar-refractivity contribution in [3.63, 3.8) is 0 Å². The molecule has 0 unspecified atom stereocenters. The number of nitrogens with zero attached hydrogens (tertiary/aromatic N) is 2. The number of carbonyl (C=O) groups is 1. The van der Waals surface area contributed by atoms with Gasteiger partial charge in [0.15, 0.2) is 6.61 Å². The van der Waals surface area contributed by atoms with Gasteiger partial charge in [0.1, 0.15) is 11.3 Å². The van der Waals surface area contributed by atoms with Crippen molar-refractivity contribution in [3.05, 3.63) is 35.5 Å². The lowest BCUT2D eigenvalue weighted by atomic mass is 9.78. The lowest BCUT2D eigenvalue weighted by Crippen LogP contribution is -2.45. The Balaban J connectivity index is 0.00000131. The molecule has 0 radical (unpaired) electrons. The van der Waals surface area contributed by atoms with Crippen molar-refractivity contribution in [3.8, 4) is 5.75 Å². The van der Waals surface area contributed by atoms with E-state index in [-0.39, 0.29) is 37.3 Å². The van der Waals surface area contributed by atoms with E-state index in [2.05, 4.69) is 10.3 Å². The number of benzene rings is 1. The topological polar surface area (TPSA) is 54.5 Å². The Bertz CT molecular complexity index is 787. The fourth-order valence-electron chi connectivity index (χ4n) is 3.91. The number of halogens is 3. The quantitative estimate of drug-likeness (QED) is 0.803. The van der Waals surface area contributed by atoms with E-state index in [4.69, 9.17) is 16.3 Å². The summed E-state index contributed by atoms with van der Waals surface area (Å²) in [5.41, 5.74) is 1.10. The smallest absolute Gasteiger partial charge is 0.260 e. The van der Waals surface area contributed by atoms with Gasteiger partial charge in [-0.05, 0) is 55.5 Å². The van der Waals surface area contributed by atoms with Crippen LogP contribution in [0.3, 0.4) is 0 Å². The maximum Gasteiger partial charge on any atom is 0.260 e. The highest BCUT2D eigenvalue weighted by molar-refractivity contribution is 6.35. The maximum absolute atomic E-state index is 12.5. The second kappa shape index (κ2) is 9.28. The highest BCUT2D eigenvalue weighted by Crippen LogP contribution is 2.37. The largest absolute Gasteiger partial charge is 0.481 e. The average molecular weight is 433 g/mol. The van der Waals surface area contributed by atoms with E-state index < -0.39 is 0 Å². The Morgan fingerprint density at radius 2 is 2.00 bits per heavy atom. The zero-order chi connectivity index (χ0) is 17.3. The molecule has 1 aromatic carbocycles. The van der Waals surface area contributed by atoms with E-state index in [1.165, 1.54) is 6.42 Å². The van der Waals surface area contributed by atoms with E-state index in [0.29, 0.717) is 21.7 Å². The molecule has 27 heavy (non-hydrogen) atoms. The van der Waals surface area contributed by atoms with Crippen molar-refractivity contribution in [1.29, 1.82) is 0 Å². The molecule has 2 aliphatic rings. The van der Waals surface area contributed by atoms with Crippen LogP contribution >= 0.6 is 36.4 Å². The third kappa shape index (κ3) is 4.60. The van der Waals surface area contributed by atoms with Gasteiger partial charge >= 0.3 is 0 Å². The van der Waals surface area contributed by atoms with Crippen LogP contribution in [0.2, 0.25) is 5.02 Å². The van der Waals surface area contributed by atoms with Gasteiger partial charge in [0.2, 0.25) is 0 Å². The van der Waals surface area contributed by atoms with Crippen LogP contribution in [0.1, 0.15) is 19.3 Å². The first-order chi connectivity index (χ1) is 12.2. The van der Waals surface area contributed by atoms with Gasteiger partial charge in [0.05, 0.1) is 5.02 Å². The average Bonchev–Trinajstić information content (AvgIpc) is 3.10. The number of carbonyl (C=O) groups excluding carboxylic acids is 1. The van der Waals surface area contributed by atoms with Crippen LogP contribution in [-0.2, 0) is 4.79 Å². The third-order valence-electron chi connectivity index (χ3n) is 5.54. The van der Waals surface area contributed by atoms with Gasteiger partial charge in [-0.2, -0.15) is 0 Å². The highest BCUT2D eigenvalue weighted by Gasteiger charge is 2.38. The summed E-state index contributed by atoms with van der Waals surface area (Å²) in [5.74, 6) is 0.640. The van der Waals surface area contributed by atoms with Crippen LogP contribution in [0.5, 0.6) is 5.75 Å². The molecular weight excluding hydrogens is 409 g/mol. The standard InChI is InChI=1S/C19H22ClN3O2.2ClH/c20-15-3-4-16(18-14(15)2-1-8-22-18)25-12-17(24)23-10-6-19(7-11-23)5-9-21-13-19;;/h1-4,8,21H,5-7,9-13H2;2*1H. The zero-order valence-corrected chi connectivity index (χ0v) is 17.3. The molecule has 2 saturated heterocycles. The molecule has 0 aliphatic carbocycles. The predicted octanol–water partition coefficient (Wildman–Crippen LogP) is 3.71. The van der Waals surface area contributed by atoms with E-state index in [0.717, 1.165) is 44.4 Å². The van der Waals surface area contributed by atoms with Crippen molar-refractivity contribution in [2.75, 3.05) is 32.8 Å². The normalized spacial score (nSPS) is 18.0. The van der Waals surface area contributed by atoms with E-state index >= 15 is 0 Å². The molecule has 0 saturated carbocycles. The minimum Gasteiger partial charge on any atom is -0.481 e. The first kappa shape index (κ1) is 22.0. The maximum atomic E-state index is 12.5. The molecule has 148 valence electrons. The van der Waals surface area contributed by atoms with Crippen LogP contribution in [0.25, 0.3) is 10.9 Å². The molecule has 2 aliphatic heterocycles. The van der Waals surface area contributed by atoms with Gasteiger partial charge in [-0.3, -0.25) is 9.78 Å². The summed E-state index contributed by atoms with van der Waals surface area (Å²) in [5, 5.41) is 4.92. The summed E-state index contributed by atoms with van der Waals surface area (Å²) in [6, 6.07) is 7.30. The van der Waals surface area contributed by atoms with Gasteiger partial charge in [0, 0.05) is 31.2 Å². The van der Waals surface area contributed by atoms with Crippen molar-refractivity contribution >= 4 is 53.2 Å². The van der Waals surface area contributed by atoms with Crippen molar-refractivity contribution in [2.24, 2.45) is 5.41 Å². The fourth-order valence-corrected chi connectivity index (χ4v) is 4.13. The minimum absolute atomic E-state index is 0. The van der Waals surface area contributed by atoms with Crippen LogP contribution in [0.15, 0.2) is 30.5 Å². The third-order valence-corrected chi connectivity index (χ3v) is 5.87. The molecule has 4 rings (SSSR count). The van der Waals surface area contributed by atoms with Gasteiger partial charge in [-0.1, -0.05) is 11.6 Å². The predicted molar refractivity (Wildman–Crippen MR) is 112 cm³/mol. The highest BCUT2D eigenvalue weighted by atomic mass is 35.5. The number of amides is 1.